The summed E-state index contributed by atoms with van der Waals surface area (Å²) in [6.45, 7) is 29.2. The molecule has 2 aliphatic carbocycles. The first-order valence-corrected chi connectivity index (χ1v) is 19.7. The zero-order valence-corrected chi connectivity index (χ0v) is 26.5. The van der Waals surface area contributed by atoms with Crippen molar-refractivity contribution < 1.29 is 14.0 Å². The molecule has 2 rings (SSSR count). The molecular formula is C29H58O3Si2. The number of hydrogen-bond donors (Lipinski definition) is 1. The highest BCUT2D eigenvalue weighted by atomic mass is 28.4. The van der Waals surface area contributed by atoms with E-state index in [1.807, 2.05) is 0 Å². The van der Waals surface area contributed by atoms with Gasteiger partial charge in [0.2, 0.25) is 0 Å². The van der Waals surface area contributed by atoms with Crippen LogP contribution in [0.5, 0.6) is 0 Å². The molecule has 2 aliphatic rings. The summed E-state index contributed by atoms with van der Waals surface area (Å²) in [4.78, 5) is 0. The Hall–Kier alpha value is 0.0538. The maximum Gasteiger partial charge on any atom is 0.192 e. The highest BCUT2D eigenvalue weighted by Crippen LogP contribution is 2.63. The number of aliphatic hydroxyl groups is 1. The van der Waals surface area contributed by atoms with Gasteiger partial charge in [-0.05, 0) is 91.5 Å². The summed E-state index contributed by atoms with van der Waals surface area (Å²) in [6.07, 6.45) is 7.07. The van der Waals surface area contributed by atoms with E-state index in [1.165, 1.54) is 30.1 Å². The van der Waals surface area contributed by atoms with Gasteiger partial charge in [-0.25, -0.2) is 0 Å². The second kappa shape index (κ2) is 11.2. The second-order valence-corrected chi connectivity index (χ2v) is 23.1. The summed E-state index contributed by atoms with van der Waals surface area (Å²) < 4.78 is 13.9. The lowest BCUT2D eigenvalue weighted by Gasteiger charge is -2.62. The van der Waals surface area contributed by atoms with E-state index < -0.39 is 16.6 Å². The van der Waals surface area contributed by atoms with E-state index in [-0.39, 0.29) is 28.4 Å². The van der Waals surface area contributed by atoms with Gasteiger partial charge in [0.15, 0.2) is 16.6 Å². The van der Waals surface area contributed by atoms with Crippen LogP contribution >= 0.6 is 0 Å². The lowest BCUT2D eigenvalue weighted by molar-refractivity contribution is -0.137. The normalized spacial score (nSPS) is 33.1. The molecule has 0 aliphatic heterocycles. The number of hydrogen-bond acceptors (Lipinski definition) is 3. The second-order valence-electron chi connectivity index (χ2n) is 13.6. The molecule has 5 heteroatoms. The fraction of sp³-hybridized carbons (Fsp3) is 0.931. The van der Waals surface area contributed by atoms with E-state index in [1.54, 1.807) is 0 Å². The van der Waals surface area contributed by atoms with Crippen molar-refractivity contribution in [3.05, 3.63) is 12.2 Å². The van der Waals surface area contributed by atoms with E-state index >= 15 is 0 Å². The average molecular weight is 511 g/mol. The molecule has 0 bridgehead atoms. The summed E-state index contributed by atoms with van der Waals surface area (Å²) in [5.41, 5.74) is 1.51. The van der Waals surface area contributed by atoms with Gasteiger partial charge in [0, 0.05) is 12.5 Å². The Morgan fingerprint density at radius 1 is 1.06 bits per heavy atom. The Bertz CT molecular complexity index is 673. The molecule has 0 amide bonds. The van der Waals surface area contributed by atoms with Crippen molar-refractivity contribution in [2.75, 3.05) is 13.2 Å². The van der Waals surface area contributed by atoms with E-state index in [0.717, 1.165) is 38.7 Å². The highest BCUT2D eigenvalue weighted by molar-refractivity contribution is 6.74. The maximum atomic E-state index is 10.4. The van der Waals surface area contributed by atoms with Crippen LogP contribution in [0.2, 0.25) is 36.3 Å². The third kappa shape index (κ3) is 5.79. The smallest absolute Gasteiger partial charge is 0.192 e. The van der Waals surface area contributed by atoms with E-state index in [2.05, 4.69) is 75.1 Å². The Morgan fingerprint density at radius 3 is 2.15 bits per heavy atom. The minimum atomic E-state index is -1.73. The zero-order valence-electron chi connectivity index (χ0n) is 24.5. The average Bonchev–Trinajstić information content (AvgIpc) is 2.76. The molecule has 0 radical (unpaired) electrons. The van der Waals surface area contributed by atoms with Crippen LogP contribution in [0.15, 0.2) is 12.2 Å². The maximum absolute atomic E-state index is 10.4. The molecule has 2 saturated carbocycles. The standard InChI is InChI=1S/C29H58O3Si2/c1-12-34(13-2,14-3)32-26-18-20-28(8)24(22-30)23(4)16-17-25(28)29(26,9)19-15-21-31-33(10,11)27(5,6)7/h24-26,30H,4,12-22H2,1-3,5-11H3/t24-,25-,26-,28-,29+/m1/s1. The third-order valence-electron chi connectivity index (χ3n) is 11.0. The van der Waals surface area contributed by atoms with Gasteiger partial charge in [-0.15, -0.1) is 0 Å². The first-order chi connectivity index (χ1) is 15.7. The summed E-state index contributed by atoms with van der Waals surface area (Å²) in [5.74, 6) is 0.784. The Balaban J connectivity index is 2.32. The number of rotatable bonds is 11. The lowest BCUT2D eigenvalue weighted by Crippen LogP contribution is -2.59. The van der Waals surface area contributed by atoms with Gasteiger partial charge in [0.1, 0.15) is 0 Å². The van der Waals surface area contributed by atoms with Gasteiger partial charge >= 0.3 is 0 Å². The van der Waals surface area contributed by atoms with Gasteiger partial charge in [0.05, 0.1) is 12.7 Å². The van der Waals surface area contributed by atoms with E-state index in [0.29, 0.717) is 12.0 Å². The van der Waals surface area contributed by atoms with Crippen molar-refractivity contribution >= 4 is 16.6 Å². The number of fused-ring (bicyclic) bond motifs is 1. The van der Waals surface area contributed by atoms with Gasteiger partial charge in [-0.3, -0.25) is 0 Å². The molecule has 5 atom stereocenters. The lowest BCUT2D eigenvalue weighted by atomic mass is 9.46. The summed E-state index contributed by atoms with van der Waals surface area (Å²) in [5, 5.41) is 10.6. The highest BCUT2D eigenvalue weighted by Gasteiger charge is 2.58. The van der Waals surface area contributed by atoms with Crippen LogP contribution in [0.25, 0.3) is 0 Å². The van der Waals surface area contributed by atoms with Gasteiger partial charge in [-0.2, -0.15) is 0 Å². The fourth-order valence-electron chi connectivity index (χ4n) is 7.14. The first kappa shape index (κ1) is 30.3. The molecular weight excluding hydrogens is 452 g/mol. The van der Waals surface area contributed by atoms with E-state index in [4.69, 9.17) is 8.85 Å². The Labute approximate surface area is 214 Å². The topological polar surface area (TPSA) is 38.7 Å². The minimum Gasteiger partial charge on any atom is -0.417 e. The van der Waals surface area contributed by atoms with Gasteiger partial charge in [-0.1, -0.05) is 67.5 Å². The Kier molecular flexibility index (Phi) is 9.98. The van der Waals surface area contributed by atoms with Crippen LogP contribution in [0.4, 0.5) is 0 Å². The van der Waals surface area contributed by atoms with Crippen LogP contribution in [0, 0.1) is 22.7 Å². The summed E-state index contributed by atoms with van der Waals surface area (Å²) >= 11 is 0. The molecule has 2 fully saturated rings. The number of aliphatic hydroxyl groups excluding tert-OH is 1. The Morgan fingerprint density at radius 2 is 1.65 bits per heavy atom. The molecule has 0 aromatic heterocycles. The summed E-state index contributed by atoms with van der Waals surface area (Å²) in [7, 11) is -3.44. The minimum absolute atomic E-state index is 0.119. The SMILES string of the molecule is C=C1CC[C@@H]2[C@](C)(CC[C@@H](O[Si](CC)(CC)CC)[C@@]2(C)CCCO[Si](C)(C)C(C)(C)C)[C@@H]1CO. The molecule has 0 saturated heterocycles. The molecule has 3 nitrogen and oxygen atoms in total. The molecule has 0 heterocycles. The quantitative estimate of drug-likeness (QED) is 0.172. The van der Waals surface area contributed by atoms with Crippen LogP contribution in [-0.4, -0.2) is 41.1 Å². The molecule has 0 unspecified atom stereocenters. The van der Waals surface area contributed by atoms with Crippen LogP contribution < -0.4 is 0 Å². The summed E-state index contributed by atoms with van der Waals surface area (Å²) in [6, 6.07) is 3.62. The largest absolute Gasteiger partial charge is 0.417 e. The monoisotopic (exact) mass is 510 g/mol. The first-order valence-electron chi connectivity index (χ1n) is 14.3. The van der Waals surface area contributed by atoms with Crippen molar-refractivity contribution in [2.45, 2.75) is 136 Å². The molecule has 0 spiro atoms. The van der Waals surface area contributed by atoms with Gasteiger partial charge in [0.25, 0.3) is 0 Å². The molecule has 200 valence electrons. The van der Waals surface area contributed by atoms with Crippen molar-refractivity contribution in [2.24, 2.45) is 22.7 Å². The fourth-order valence-corrected chi connectivity index (χ4v) is 11.2. The van der Waals surface area contributed by atoms with Crippen molar-refractivity contribution in [1.82, 2.24) is 0 Å². The molecule has 34 heavy (non-hydrogen) atoms. The predicted octanol–water partition coefficient (Wildman–Crippen LogP) is 8.56. The predicted molar refractivity (Wildman–Crippen MR) is 152 cm³/mol. The van der Waals surface area contributed by atoms with Crippen molar-refractivity contribution in [3.8, 4) is 0 Å². The van der Waals surface area contributed by atoms with Crippen molar-refractivity contribution in [3.63, 3.8) is 0 Å². The molecule has 0 aromatic rings. The van der Waals surface area contributed by atoms with Crippen LogP contribution in [-0.2, 0) is 8.85 Å². The molecule has 0 aromatic carbocycles. The third-order valence-corrected chi connectivity index (χ3v) is 20.1. The van der Waals surface area contributed by atoms with Crippen LogP contribution in [0.1, 0.15) is 93.9 Å². The van der Waals surface area contributed by atoms with E-state index in [9.17, 15) is 5.11 Å². The van der Waals surface area contributed by atoms with Gasteiger partial charge < -0.3 is 14.0 Å². The zero-order chi connectivity index (χ0) is 26.0. The van der Waals surface area contributed by atoms with Crippen LogP contribution in [0.3, 0.4) is 0 Å². The molecule has 1 N–H and O–H groups in total. The van der Waals surface area contributed by atoms with Crippen molar-refractivity contribution in [1.29, 1.82) is 0 Å².